The van der Waals surface area contributed by atoms with E-state index in [0.29, 0.717) is 11.4 Å². The highest BCUT2D eigenvalue weighted by Gasteiger charge is 2.15. The first-order chi connectivity index (χ1) is 7.16. The third-order valence-corrected chi connectivity index (χ3v) is 2.78. The van der Waals surface area contributed by atoms with E-state index in [1.165, 1.54) is 0 Å². The third kappa shape index (κ3) is 2.12. The highest BCUT2D eigenvalue weighted by molar-refractivity contribution is 5.66. The summed E-state index contributed by atoms with van der Waals surface area (Å²) in [5.74, 6) is 0.926. The van der Waals surface area contributed by atoms with Crippen LogP contribution in [0.4, 0.5) is 17.2 Å². The van der Waals surface area contributed by atoms with Gasteiger partial charge in [0.15, 0.2) is 0 Å². The van der Waals surface area contributed by atoms with Gasteiger partial charge in [0, 0.05) is 32.2 Å². The van der Waals surface area contributed by atoms with Crippen LogP contribution in [-0.2, 0) is 0 Å². The quantitative estimate of drug-likeness (QED) is 0.678. The Kier molecular flexibility index (Phi) is 2.64. The van der Waals surface area contributed by atoms with Crippen molar-refractivity contribution in [2.45, 2.75) is 0 Å². The maximum Gasteiger partial charge on any atom is 0.130 e. The Bertz CT molecular complexity index is 344. The molecule has 82 valence electrons. The molecule has 1 fully saturated rings. The molecule has 1 aliphatic heterocycles. The van der Waals surface area contributed by atoms with E-state index in [2.05, 4.69) is 21.8 Å². The Morgan fingerprint density at radius 1 is 1.13 bits per heavy atom. The van der Waals surface area contributed by atoms with Crippen molar-refractivity contribution >= 4 is 17.2 Å². The SMILES string of the molecule is CN1CCN(c2cc(N)c(N)cn2)CC1. The van der Waals surface area contributed by atoms with E-state index in [1.54, 1.807) is 6.20 Å². The first kappa shape index (κ1) is 10.0. The minimum Gasteiger partial charge on any atom is -0.397 e. The van der Waals surface area contributed by atoms with E-state index >= 15 is 0 Å². The van der Waals surface area contributed by atoms with Crippen LogP contribution in [0.3, 0.4) is 0 Å². The summed E-state index contributed by atoms with van der Waals surface area (Å²) in [4.78, 5) is 8.82. The zero-order chi connectivity index (χ0) is 10.8. The second kappa shape index (κ2) is 3.94. The molecule has 0 aromatic carbocycles. The predicted octanol–water partition coefficient (Wildman–Crippen LogP) is -0.00220. The average molecular weight is 207 g/mol. The average Bonchev–Trinajstić information content (AvgIpc) is 2.23. The maximum absolute atomic E-state index is 5.75. The molecule has 0 aliphatic carbocycles. The summed E-state index contributed by atoms with van der Waals surface area (Å²) in [6.45, 7) is 4.11. The van der Waals surface area contributed by atoms with Crippen LogP contribution in [0.5, 0.6) is 0 Å². The molecule has 0 saturated carbocycles. The summed E-state index contributed by atoms with van der Waals surface area (Å²) in [5, 5.41) is 0. The van der Waals surface area contributed by atoms with Gasteiger partial charge < -0.3 is 21.3 Å². The summed E-state index contributed by atoms with van der Waals surface area (Å²) in [7, 11) is 2.13. The van der Waals surface area contributed by atoms with Gasteiger partial charge in [-0.05, 0) is 7.05 Å². The minimum atomic E-state index is 0.549. The Hall–Kier alpha value is -1.49. The van der Waals surface area contributed by atoms with Gasteiger partial charge in [-0.25, -0.2) is 4.98 Å². The van der Waals surface area contributed by atoms with Crippen molar-refractivity contribution in [3.05, 3.63) is 12.3 Å². The fraction of sp³-hybridized carbons (Fsp3) is 0.500. The summed E-state index contributed by atoms with van der Waals surface area (Å²) >= 11 is 0. The van der Waals surface area contributed by atoms with Gasteiger partial charge in [-0.2, -0.15) is 0 Å². The van der Waals surface area contributed by atoms with Crippen molar-refractivity contribution in [3.63, 3.8) is 0 Å². The van der Waals surface area contributed by atoms with Crippen LogP contribution >= 0.6 is 0 Å². The molecule has 1 aromatic heterocycles. The molecule has 1 aromatic rings. The number of anilines is 3. The van der Waals surface area contributed by atoms with E-state index in [9.17, 15) is 0 Å². The number of likely N-dealkylation sites (N-methyl/N-ethyl adjacent to an activating group) is 1. The smallest absolute Gasteiger partial charge is 0.130 e. The molecule has 2 heterocycles. The zero-order valence-electron chi connectivity index (χ0n) is 8.98. The summed E-state index contributed by atoms with van der Waals surface area (Å²) in [5.41, 5.74) is 12.5. The van der Waals surface area contributed by atoms with Gasteiger partial charge in [0.2, 0.25) is 0 Å². The van der Waals surface area contributed by atoms with Gasteiger partial charge in [0.1, 0.15) is 5.82 Å². The van der Waals surface area contributed by atoms with Crippen molar-refractivity contribution in [2.75, 3.05) is 49.6 Å². The monoisotopic (exact) mass is 207 g/mol. The predicted molar refractivity (Wildman–Crippen MR) is 62.8 cm³/mol. The van der Waals surface area contributed by atoms with Crippen LogP contribution in [0, 0.1) is 0 Å². The lowest BCUT2D eigenvalue weighted by Gasteiger charge is -2.33. The van der Waals surface area contributed by atoms with Crippen LogP contribution in [0.15, 0.2) is 12.3 Å². The Morgan fingerprint density at radius 3 is 2.40 bits per heavy atom. The Balaban J connectivity index is 2.12. The maximum atomic E-state index is 5.75. The van der Waals surface area contributed by atoms with Crippen LogP contribution in [-0.4, -0.2) is 43.1 Å². The van der Waals surface area contributed by atoms with E-state index in [4.69, 9.17) is 11.5 Å². The first-order valence-electron chi connectivity index (χ1n) is 5.11. The van der Waals surface area contributed by atoms with Crippen molar-refractivity contribution in [2.24, 2.45) is 0 Å². The number of piperazine rings is 1. The van der Waals surface area contributed by atoms with Gasteiger partial charge in [-0.15, -0.1) is 0 Å². The van der Waals surface area contributed by atoms with Crippen molar-refractivity contribution in [3.8, 4) is 0 Å². The minimum absolute atomic E-state index is 0.549. The van der Waals surface area contributed by atoms with E-state index in [0.717, 1.165) is 32.0 Å². The number of nitrogens with two attached hydrogens (primary N) is 2. The third-order valence-electron chi connectivity index (χ3n) is 2.78. The fourth-order valence-electron chi connectivity index (χ4n) is 1.68. The molecule has 5 heteroatoms. The number of hydrogen-bond donors (Lipinski definition) is 2. The molecule has 0 bridgehead atoms. The van der Waals surface area contributed by atoms with Gasteiger partial charge in [0.25, 0.3) is 0 Å². The molecule has 2 rings (SSSR count). The second-order valence-corrected chi connectivity index (χ2v) is 3.96. The molecular formula is C10H17N5. The Morgan fingerprint density at radius 2 is 1.80 bits per heavy atom. The molecule has 0 amide bonds. The van der Waals surface area contributed by atoms with E-state index < -0.39 is 0 Å². The van der Waals surface area contributed by atoms with Crippen molar-refractivity contribution in [1.82, 2.24) is 9.88 Å². The molecule has 0 unspecified atom stereocenters. The van der Waals surface area contributed by atoms with Gasteiger partial charge >= 0.3 is 0 Å². The lowest BCUT2D eigenvalue weighted by atomic mass is 10.3. The molecule has 15 heavy (non-hydrogen) atoms. The molecule has 5 nitrogen and oxygen atoms in total. The van der Waals surface area contributed by atoms with Crippen LogP contribution in [0.25, 0.3) is 0 Å². The second-order valence-electron chi connectivity index (χ2n) is 3.96. The van der Waals surface area contributed by atoms with Gasteiger partial charge in [-0.3, -0.25) is 0 Å². The number of nitrogens with zero attached hydrogens (tertiary/aromatic N) is 3. The standard InChI is InChI=1S/C10H17N5/c1-14-2-4-15(5-3-14)10-6-8(11)9(12)7-13-10/h6-7H,2-5,12H2,1H3,(H2,11,13). The van der Waals surface area contributed by atoms with Crippen LogP contribution < -0.4 is 16.4 Å². The van der Waals surface area contributed by atoms with Crippen molar-refractivity contribution in [1.29, 1.82) is 0 Å². The summed E-state index contributed by atoms with van der Waals surface area (Å²) in [6.07, 6.45) is 1.63. The molecular weight excluding hydrogens is 190 g/mol. The van der Waals surface area contributed by atoms with Gasteiger partial charge in [0.05, 0.1) is 17.6 Å². The fourth-order valence-corrected chi connectivity index (χ4v) is 1.68. The number of hydrogen-bond acceptors (Lipinski definition) is 5. The molecule has 1 saturated heterocycles. The highest BCUT2D eigenvalue weighted by Crippen LogP contribution is 2.20. The van der Waals surface area contributed by atoms with E-state index in [-0.39, 0.29) is 0 Å². The lowest BCUT2D eigenvalue weighted by Crippen LogP contribution is -2.44. The van der Waals surface area contributed by atoms with Gasteiger partial charge in [-0.1, -0.05) is 0 Å². The molecule has 4 N–H and O–H groups in total. The highest BCUT2D eigenvalue weighted by atomic mass is 15.3. The number of nitrogen functional groups attached to an aromatic ring is 2. The Labute approximate surface area is 89.7 Å². The lowest BCUT2D eigenvalue weighted by molar-refractivity contribution is 0.312. The zero-order valence-corrected chi connectivity index (χ0v) is 8.98. The largest absolute Gasteiger partial charge is 0.397 e. The van der Waals surface area contributed by atoms with Crippen LogP contribution in [0.1, 0.15) is 0 Å². The molecule has 0 atom stereocenters. The van der Waals surface area contributed by atoms with E-state index in [1.807, 2.05) is 6.07 Å². The number of pyridine rings is 1. The molecule has 0 radical (unpaired) electrons. The topological polar surface area (TPSA) is 71.4 Å². The summed E-state index contributed by atoms with van der Waals surface area (Å²) in [6, 6.07) is 1.85. The number of aromatic nitrogens is 1. The number of rotatable bonds is 1. The summed E-state index contributed by atoms with van der Waals surface area (Å²) < 4.78 is 0. The molecule has 0 spiro atoms. The molecule has 1 aliphatic rings. The normalized spacial score (nSPS) is 18.1. The first-order valence-corrected chi connectivity index (χ1v) is 5.11. The van der Waals surface area contributed by atoms with Crippen molar-refractivity contribution < 1.29 is 0 Å². The van der Waals surface area contributed by atoms with Crippen LogP contribution in [0.2, 0.25) is 0 Å².